The fourth-order valence-electron chi connectivity index (χ4n) is 5.98. The van der Waals surface area contributed by atoms with Crippen LogP contribution in [0.4, 0.5) is 14.9 Å². The third-order valence-electron chi connectivity index (χ3n) is 8.42. The third kappa shape index (κ3) is 10.3. The van der Waals surface area contributed by atoms with Gasteiger partial charge in [0.05, 0.1) is 11.4 Å². The molecule has 1 saturated heterocycles. The molecule has 256 valence electrons. The summed E-state index contributed by atoms with van der Waals surface area (Å²) < 4.78 is 49.1. The van der Waals surface area contributed by atoms with Crippen molar-refractivity contribution in [3.8, 4) is 0 Å². The molecule has 0 unspecified atom stereocenters. The second-order valence-electron chi connectivity index (χ2n) is 12.1. The number of ether oxygens (including phenoxy) is 1. The number of nitrogens with one attached hydrogen (secondary N) is 2. The van der Waals surface area contributed by atoms with E-state index in [9.17, 15) is 33.8 Å². The summed E-state index contributed by atoms with van der Waals surface area (Å²) >= 11 is 6.12. The number of carbonyl (C=O) groups is 2. The molecule has 16 heteroatoms. The van der Waals surface area contributed by atoms with Crippen LogP contribution < -0.4 is 10.0 Å². The topological polar surface area (TPSA) is 194 Å². The van der Waals surface area contributed by atoms with Gasteiger partial charge in [-0.05, 0) is 86.7 Å². The number of carboxylic acid groups (broad SMARTS) is 1. The zero-order chi connectivity index (χ0) is 34.1. The van der Waals surface area contributed by atoms with E-state index < -0.39 is 57.2 Å². The molecule has 1 aliphatic heterocycles. The van der Waals surface area contributed by atoms with Gasteiger partial charge in [-0.3, -0.25) is 4.79 Å². The third-order valence-corrected chi connectivity index (χ3v) is 10.7. The molecular weight excluding hydrogens is 655 g/mol. The number of anilines is 1. The zero-order valence-corrected chi connectivity index (χ0v) is 27.5. The molecule has 2 aromatic rings. The monoisotopic (exact) mass is 694 g/mol. The molecule has 47 heavy (non-hydrogen) atoms. The molecule has 0 radical (unpaired) electrons. The van der Waals surface area contributed by atoms with Gasteiger partial charge in [0.25, 0.3) is 0 Å². The summed E-state index contributed by atoms with van der Waals surface area (Å²) in [5.74, 6) is -1.90. The SMILES string of the molecule is C[C@@H](O)CN(C[C@@H](CCc1c(F)cccc1NC(=O)[C@H](N=[N+]=[N-])[C@@H](c1ccc(Cl)cc1)C1CCOCC1)NS(=O)(=O)C1CC1)C(=O)O. The lowest BCUT2D eigenvalue weighted by atomic mass is 9.76. The molecule has 2 fully saturated rings. The van der Waals surface area contributed by atoms with Crippen molar-refractivity contribution in [2.75, 3.05) is 31.6 Å². The van der Waals surface area contributed by atoms with Gasteiger partial charge in [0, 0.05) is 59.4 Å². The van der Waals surface area contributed by atoms with Crippen LogP contribution in [-0.4, -0.2) is 85.3 Å². The summed E-state index contributed by atoms with van der Waals surface area (Å²) in [7, 11) is -3.76. The van der Waals surface area contributed by atoms with E-state index in [0.29, 0.717) is 43.9 Å². The molecule has 0 spiro atoms. The van der Waals surface area contributed by atoms with E-state index in [1.165, 1.54) is 25.1 Å². The molecule has 4 atom stereocenters. The summed E-state index contributed by atoms with van der Waals surface area (Å²) in [6.07, 6.45) is -0.207. The van der Waals surface area contributed by atoms with Gasteiger partial charge >= 0.3 is 6.09 Å². The van der Waals surface area contributed by atoms with Crippen molar-refractivity contribution in [1.82, 2.24) is 9.62 Å². The maximum atomic E-state index is 15.4. The van der Waals surface area contributed by atoms with E-state index >= 15 is 4.39 Å². The van der Waals surface area contributed by atoms with Gasteiger partial charge < -0.3 is 25.2 Å². The average Bonchev–Trinajstić information content (AvgIpc) is 3.88. The highest BCUT2D eigenvalue weighted by molar-refractivity contribution is 7.90. The van der Waals surface area contributed by atoms with Crippen molar-refractivity contribution < 1.29 is 37.3 Å². The maximum absolute atomic E-state index is 15.4. The number of hydrogen-bond donors (Lipinski definition) is 4. The molecule has 13 nitrogen and oxygen atoms in total. The number of carbonyl (C=O) groups excluding carboxylic acids is 1. The minimum Gasteiger partial charge on any atom is -0.465 e. The molecule has 4 N–H and O–H groups in total. The largest absolute Gasteiger partial charge is 0.465 e. The molecule has 2 aromatic carbocycles. The first kappa shape index (κ1) is 36.4. The van der Waals surface area contributed by atoms with Crippen LogP contribution in [0.5, 0.6) is 0 Å². The lowest BCUT2D eigenvalue weighted by Gasteiger charge is -2.34. The molecule has 4 rings (SSSR count). The van der Waals surface area contributed by atoms with Gasteiger partial charge in [0.2, 0.25) is 15.9 Å². The molecular formula is C31H40ClFN6O7S. The van der Waals surface area contributed by atoms with E-state index in [0.717, 1.165) is 10.5 Å². The number of nitrogens with zero attached hydrogens (tertiary/aromatic N) is 4. The quantitative estimate of drug-likeness (QED) is 0.107. The first-order chi connectivity index (χ1) is 22.4. The van der Waals surface area contributed by atoms with Crippen LogP contribution >= 0.6 is 11.6 Å². The fraction of sp³-hybridized carbons (Fsp3) is 0.548. The number of benzene rings is 2. The smallest absolute Gasteiger partial charge is 0.407 e. The van der Waals surface area contributed by atoms with Crippen molar-refractivity contribution in [3.05, 3.63) is 74.9 Å². The summed E-state index contributed by atoms with van der Waals surface area (Å²) in [4.78, 5) is 29.6. The number of rotatable bonds is 16. The standard InChI is InChI=1S/C31H40ClFN6O7S/c1-19(40)17-39(31(42)43)18-23(37-47(44,45)24-10-11-24)9-12-25-26(33)3-2-4-27(25)35-30(41)29(36-38-34)28(21-13-15-46-16-14-21)20-5-7-22(32)8-6-20/h2-8,19,21,23-24,28-29,37,40H,9-18H2,1H3,(H,35,41)(H,42,43)/t19-,23-,28+,29-/m1/s1. The Hall–Kier alpha value is -3.46. The lowest BCUT2D eigenvalue weighted by molar-refractivity contribution is -0.118. The number of sulfonamides is 1. The van der Waals surface area contributed by atoms with Crippen LogP contribution in [0.15, 0.2) is 47.6 Å². The Labute approximate surface area is 278 Å². The Balaban J connectivity index is 1.59. The number of amides is 2. The number of hydrogen-bond acceptors (Lipinski definition) is 7. The highest BCUT2D eigenvalue weighted by Crippen LogP contribution is 2.38. The van der Waals surface area contributed by atoms with Crippen LogP contribution in [0.25, 0.3) is 10.4 Å². The van der Waals surface area contributed by atoms with Crippen molar-refractivity contribution in [1.29, 1.82) is 0 Å². The Kier molecular flexibility index (Phi) is 12.8. The number of aliphatic hydroxyl groups is 1. The Bertz CT molecular complexity index is 1550. The van der Waals surface area contributed by atoms with Crippen LogP contribution in [0.3, 0.4) is 0 Å². The van der Waals surface area contributed by atoms with Gasteiger partial charge in [0.15, 0.2) is 0 Å². The normalized spacial score (nSPS) is 18.0. The Morgan fingerprint density at radius 3 is 2.43 bits per heavy atom. The van der Waals surface area contributed by atoms with E-state index in [2.05, 4.69) is 20.1 Å². The van der Waals surface area contributed by atoms with Gasteiger partial charge in [-0.25, -0.2) is 22.3 Å². The molecule has 1 aliphatic carbocycles. The van der Waals surface area contributed by atoms with Crippen molar-refractivity contribution >= 4 is 39.3 Å². The molecule has 1 heterocycles. The second kappa shape index (κ2) is 16.6. The highest BCUT2D eigenvalue weighted by Gasteiger charge is 2.38. The van der Waals surface area contributed by atoms with Gasteiger partial charge in [0.1, 0.15) is 11.9 Å². The molecule has 1 saturated carbocycles. The summed E-state index contributed by atoms with van der Waals surface area (Å²) in [6.45, 7) is 1.85. The predicted molar refractivity (Wildman–Crippen MR) is 174 cm³/mol. The predicted octanol–water partition coefficient (Wildman–Crippen LogP) is 5.05. The van der Waals surface area contributed by atoms with Gasteiger partial charge in [-0.15, -0.1) is 0 Å². The lowest BCUT2D eigenvalue weighted by Crippen LogP contribution is -2.48. The van der Waals surface area contributed by atoms with Crippen LogP contribution in [0.1, 0.15) is 56.1 Å². The molecule has 0 bridgehead atoms. The molecule has 2 aliphatic rings. The van der Waals surface area contributed by atoms with Crippen LogP contribution in [-0.2, 0) is 26.0 Å². The van der Waals surface area contributed by atoms with E-state index in [-0.39, 0.29) is 43.1 Å². The van der Waals surface area contributed by atoms with E-state index in [4.69, 9.17) is 16.3 Å². The zero-order valence-electron chi connectivity index (χ0n) is 26.0. The van der Waals surface area contributed by atoms with Crippen LogP contribution in [0.2, 0.25) is 5.02 Å². The Morgan fingerprint density at radius 2 is 1.83 bits per heavy atom. The maximum Gasteiger partial charge on any atom is 0.407 e. The molecule has 0 aromatic heterocycles. The number of aliphatic hydroxyl groups excluding tert-OH is 1. The number of halogens is 2. The first-order valence-electron chi connectivity index (χ1n) is 15.5. The minimum absolute atomic E-state index is 0.0193. The summed E-state index contributed by atoms with van der Waals surface area (Å²) in [6, 6.07) is 8.91. The Morgan fingerprint density at radius 1 is 1.15 bits per heavy atom. The van der Waals surface area contributed by atoms with Gasteiger partial charge in [-0.1, -0.05) is 34.9 Å². The summed E-state index contributed by atoms with van der Waals surface area (Å²) in [5.41, 5.74) is 10.4. The fourth-order valence-corrected chi connectivity index (χ4v) is 7.71. The highest BCUT2D eigenvalue weighted by atomic mass is 35.5. The van der Waals surface area contributed by atoms with Crippen LogP contribution in [0, 0.1) is 11.7 Å². The van der Waals surface area contributed by atoms with E-state index in [1.807, 2.05) is 0 Å². The number of azide groups is 1. The van der Waals surface area contributed by atoms with Crippen molar-refractivity contribution in [2.24, 2.45) is 11.0 Å². The van der Waals surface area contributed by atoms with Gasteiger partial charge in [-0.2, -0.15) is 0 Å². The van der Waals surface area contributed by atoms with Crippen molar-refractivity contribution in [2.45, 2.75) is 74.8 Å². The second-order valence-corrected chi connectivity index (χ2v) is 14.5. The van der Waals surface area contributed by atoms with Crippen molar-refractivity contribution in [3.63, 3.8) is 0 Å². The first-order valence-corrected chi connectivity index (χ1v) is 17.4. The summed E-state index contributed by atoms with van der Waals surface area (Å²) in [5, 5.41) is 26.0. The van der Waals surface area contributed by atoms with E-state index in [1.54, 1.807) is 24.3 Å². The average molecular weight is 695 g/mol. The minimum atomic E-state index is -3.76. The molecule has 2 amide bonds.